The Labute approximate surface area is 161 Å². The van der Waals surface area contributed by atoms with E-state index in [-0.39, 0.29) is 6.04 Å². The van der Waals surface area contributed by atoms with E-state index in [4.69, 9.17) is 9.47 Å². The van der Waals surface area contributed by atoms with Gasteiger partial charge in [-0.1, -0.05) is 37.6 Å². The molecule has 1 atom stereocenters. The van der Waals surface area contributed by atoms with Crippen molar-refractivity contribution >= 4 is 10.9 Å². The molecule has 0 fully saturated rings. The summed E-state index contributed by atoms with van der Waals surface area (Å²) in [4.78, 5) is 6.32. The van der Waals surface area contributed by atoms with Crippen molar-refractivity contribution in [2.45, 2.75) is 32.2 Å². The maximum Gasteiger partial charge on any atom is 0.161 e. The largest absolute Gasteiger partial charge is 0.493 e. The quantitative estimate of drug-likeness (QED) is 0.674. The molecule has 0 amide bonds. The topological polar surface area (TPSA) is 37.5 Å². The van der Waals surface area contributed by atoms with E-state index in [0.29, 0.717) is 0 Å². The van der Waals surface area contributed by atoms with E-state index >= 15 is 0 Å². The molecule has 1 aliphatic heterocycles. The molecule has 2 aromatic carbocycles. The van der Waals surface area contributed by atoms with E-state index in [0.717, 1.165) is 31.0 Å². The number of ether oxygens (including phenoxy) is 2. The number of H-pyrrole nitrogens is 1. The summed E-state index contributed by atoms with van der Waals surface area (Å²) in [5, 5.41) is 1.35. The molecule has 27 heavy (non-hydrogen) atoms. The summed E-state index contributed by atoms with van der Waals surface area (Å²) in [6, 6.07) is 15.2. The van der Waals surface area contributed by atoms with E-state index in [9.17, 15) is 0 Å². The summed E-state index contributed by atoms with van der Waals surface area (Å²) in [5.41, 5.74) is 5.26. The van der Waals surface area contributed by atoms with Crippen LogP contribution in [-0.4, -0.2) is 37.2 Å². The van der Waals surface area contributed by atoms with Crippen molar-refractivity contribution in [2.24, 2.45) is 0 Å². The fourth-order valence-electron chi connectivity index (χ4n) is 4.29. The second-order valence-electron chi connectivity index (χ2n) is 7.22. The predicted molar refractivity (Wildman–Crippen MR) is 110 cm³/mol. The molecule has 0 saturated heterocycles. The van der Waals surface area contributed by atoms with Crippen LogP contribution in [0.2, 0.25) is 0 Å². The monoisotopic (exact) mass is 364 g/mol. The number of aromatic nitrogens is 1. The average Bonchev–Trinajstić information content (AvgIpc) is 3.09. The molecule has 0 radical (unpaired) electrons. The van der Waals surface area contributed by atoms with Crippen molar-refractivity contribution in [3.05, 3.63) is 59.3 Å². The van der Waals surface area contributed by atoms with Crippen molar-refractivity contribution in [2.75, 3.05) is 27.3 Å². The van der Waals surface area contributed by atoms with Gasteiger partial charge < -0.3 is 14.5 Å². The normalized spacial score (nSPS) is 17.1. The second kappa shape index (κ2) is 7.65. The van der Waals surface area contributed by atoms with Gasteiger partial charge in [-0.3, -0.25) is 4.90 Å². The summed E-state index contributed by atoms with van der Waals surface area (Å²) in [5.74, 6) is 1.56. The molecular weight excluding hydrogens is 336 g/mol. The first kappa shape index (κ1) is 17.9. The lowest BCUT2D eigenvalue weighted by Crippen LogP contribution is -2.36. The maximum absolute atomic E-state index is 5.58. The molecule has 1 unspecified atom stereocenters. The van der Waals surface area contributed by atoms with Gasteiger partial charge in [-0.2, -0.15) is 0 Å². The summed E-state index contributed by atoms with van der Waals surface area (Å²) in [6.07, 6.45) is 3.50. The van der Waals surface area contributed by atoms with Crippen LogP contribution in [-0.2, 0) is 6.42 Å². The van der Waals surface area contributed by atoms with Crippen LogP contribution in [0.3, 0.4) is 0 Å². The number of methoxy groups -OCH3 is 2. The number of nitrogens with zero attached hydrogens (tertiary/aromatic N) is 1. The molecular formula is C23H28N2O2. The summed E-state index contributed by atoms with van der Waals surface area (Å²) < 4.78 is 11.0. The van der Waals surface area contributed by atoms with Gasteiger partial charge in [0, 0.05) is 23.1 Å². The lowest BCUT2D eigenvalue weighted by Gasteiger charge is -2.36. The second-order valence-corrected chi connectivity index (χ2v) is 7.22. The third kappa shape index (κ3) is 3.19. The van der Waals surface area contributed by atoms with Crippen LogP contribution >= 0.6 is 0 Å². The summed E-state index contributed by atoms with van der Waals surface area (Å²) in [6.45, 7) is 4.43. The lowest BCUT2D eigenvalue weighted by atomic mass is 9.92. The van der Waals surface area contributed by atoms with Crippen LogP contribution in [0.25, 0.3) is 10.9 Å². The minimum atomic E-state index is 0.215. The Hall–Kier alpha value is -2.46. The highest BCUT2D eigenvalue weighted by atomic mass is 16.5. The first-order chi connectivity index (χ1) is 13.3. The zero-order valence-corrected chi connectivity index (χ0v) is 16.4. The number of para-hydroxylation sites is 1. The summed E-state index contributed by atoms with van der Waals surface area (Å²) >= 11 is 0. The van der Waals surface area contributed by atoms with Crippen LogP contribution in [0, 0.1) is 0 Å². The van der Waals surface area contributed by atoms with Crippen molar-refractivity contribution in [3.8, 4) is 11.5 Å². The molecule has 0 aliphatic carbocycles. The Morgan fingerprint density at radius 1 is 1.07 bits per heavy atom. The predicted octanol–water partition coefficient (Wildman–Crippen LogP) is 4.93. The van der Waals surface area contributed by atoms with Gasteiger partial charge in [0.15, 0.2) is 11.5 Å². The molecule has 1 aromatic heterocycles. The Balaban J connectivity index is 1.83. The van der Waals surface area contributed by atoms with E-state index in [2.05, 4.69) is 53.2 Å². The zero-order chi connectivity index (χ0) is 18.8. The molecule has 3 aromatic rings. The number of hydrogen-bond donors (Lipinski definition) is 1. The van der Waals surface area contributed by atoms with E-state index < -0.39 is 0 Å². The zero-order valence-electron chi connectivity index (χ0n) is 16.4. The minimum Gasteiger partial charge on any atom is -0.493 e. The van der Waals surface area contributed by atoms with Gasteiger partial charge >= 0.3 is 0 Å². The van der Waals surface area contributed by atoms with Gasteiger partial charge in [-0.25, -0.2) is 0 Å². The average molecular weight is 364 g/mol. The number of unbranched alkanes of at least 4 members (excludes halogenated alkanes) is 1. The highest BCUT2D eigenvalue weighted by molar-refractivity contribution is 5.85. The lowest BCUT2D eigenvalue weighted by molar-refractivity contribution is 0.207. The van der Waals surface area contributed by atoms with E-state index in [1.807, 2.05) is 6.07 Å². The van der Waals surface area contributed by atoms with Crippen LogP contribution in [0.15, 0.2) is 42.5 Å². The molecule has 0 bridgehead atoms. The smallest absolute Gasteiger partial charge is 0.161 e. The van der Waals surface area contributed by atoms with Crippen molar-refractivity contribution in [3.63, 3.8) is 0 Å². The number of hydrogen-bond acceptors (Lipinski definition) is 3. The maximum atomic E-state index is 5.58. The number of fused-ring (bicyclic) bond motifs is 3. The number of benzene rings is 2. The number of aromatic amines is 1. The van der Waals surface area contributed by atoms with Gasteiger partial charge in [0.25, 0.3) is 0 Å². The molecule has 2 heterocycles. The van der Waals surface area contributed by atoms with Gasteiger partial charge in [-0.05, 0) is 48.7 Å². The Morgan fingerprint density at radius 3 is 2.67 bits per heavy atom. The standard InChI is InChI=1S/C23H28N2O2/c1-4-5-13-25-14-12-18-17-8-6-7-9-19(17)24-22(18)23(25)16-10-11-20(26-2)21(15-16)27-3/h6-11,15,23-24H,4-5,12-14H2,1-3H3. The first-order valence-electron chi connectivity index (χ1n) is 9.82. The fourth-order valence-corrected chi connectivity index (χ4v) is 4.29. The van der Waals surface area contributed by atoms with Gasteiger partial charge in [-0.15, -0.1) is 0 Å². The van der Waals surface area contributed by atoms with Gasteiger partial charge in [0.1, 0.15) is 0 Å². The SMILES string of the molecule is CCCCN1CCc2c([nH]c3ccccc23)C1c1ccc(OC)c(OC)c1. The summed E-state index contributed by atoms with van der Waals surface area (Å²) in [7, 11) is 3.38. The molecule has 1 N–H and O–H groups in total. The minimum absolute atomic E-state index is 0.215. The number of nitrogens with one attached hydrogen (secondary N) is 1. The molecule has 4 heteroatoms. The third-order valence-corrected chi connectivity index (χ3v) is 5.66. The van der Waals surface area contributed by atoms with Crippen LogP contribution in [0.1, 0.15) is 42.6 Å². The van der Waals surface area contributed by atoms with Gasteiger partial charge in [0.05, 0.1) is 20.3 Å². The molecule has 0 saturated carbocycles. The van der Waals surface area contributed by atoms with Crippen LogP contribution < -0.4 is 9.47 Å². The fraction of sp³-hybridized carbons (Fsp3) is 0.391. The highest BCUT2D eigenvalue weighted by Crippen LogP contribution is 2.40. The van der Waals surface area contributed by atoms with E-state index in [1.54, 1.807) is 14.2 Å². The first-order valence-corrected chi connectivity index (χ1v) is 9.82. The molecule has 4 nitrogen and oxygen atoms in total. The third-order valence-electron chi connectivity index (χ3n) is 5.66. The van der Waals surface area contributed by atoms with Crippen LogP contribution in [0.5, 0.6) is 11.5 Å². The van der Waals surface area contributed by atoms with E-state index in [1.165, 1.54) is 40.6 Å². The van der Waals surface area contributed by atoms with Gasteiger partial charge in [0.2, 0.25) is 0 Å². The Kier molecular flexibility index (Phi) is 5.08. The Morgan fingerprint density at radius 2 is 1.89 bits per heavy atom. The highest BCUT2D eigenvalue weighted by Gasteiger charge is 2.31. The van der Waals surface area contributed by atoms with Crippen LogP contribution in [0.4, 0.5) is 0 Å². The number of rotatable bonds is 6. The molecule has 142 valence electrons. The van der Waals surface area contributed by atoms with Crippen molar-refractivity contribution in [1.82, 2.24) is 9.88 Å². The Bertz CT molecular complexity index is 931. The molecule has 0 spiro atoms. The molecule has 1 aliphatic rings. The van der Waals surface area contributed by atoms with Crippen molar-refractivity contribution < 1.29 is 9.47 Å². The van der Waals surface area contributed by atoms with Crippen molar-refractivity contribution in [1.29, 1.82) is 0 Å². The molecule has 4 rings (SSSR count).